The van der Waals surface area contributed by atoms with E-state index in [1.807, 2.05) is 22.8 Å². The molecule has 1 amide bonds. The lowest BCUT2D eigenvalue weighted by atomic mass is 10.3. The fourth-order valence-corrected chi connectivity index (χ4v) is 4.47. The Morgan fingerprint density at radius 2 is 1.91 bits per heavy atom. The van der Waals surface area contributed by atoms with Gasteiger partial charge in [0.15, 0.2) is 5.16 Å². The van der Waals surface area contributed by atoms with Gasteiger partial charge in [0, 0.05) is 35.9 Å². The summed E-state index contributed by atoms with van der Waals surface area (Å²) in [5, 5.41) is 23.1. The number of anilines is 2. The Kier molecular flexibility index (Phi) is 6.61. The van der Waals surface area contributed by atoms with Crippen LogP contribution in [0.1, 0.15) is 19.8 Å². The Hall–Kier alpha value is -3.11. The Balaban J connectivity index is 1.55. The number of thioether (sulfide) groups is 1. The Labute approximate surface area is 193 Å². The molecule has 0 radical (unpaired) electrons. The SMILES string of the molecule is CC(Sc1nnc(N2CCCC2)n1-c1cccc(Cl)c1)C(=O)Nc1ccc([N+](=O)[O-])cc1. The topological polar surface area (TPSA) is 106 Å². The number of nitro benzene ring substituents is 1. The third-order valence-electron chi connectivity index (χ3n) is 5.07. The number of carbonyl (C=O) groups is 1. The quantitative estimate of drug-likeness (QED) is 0.305. The van der Waals surface area contributed by atoms with E-state index in [0.717, 1.165) is 37.6 Å². The largest absolute Gasteiger partial charge is 0.341 e. The summed E-state index contributed by atoms with van der Waals surface area (Å²) in [6, 6.07) is 13.2. The molecule has 1 aromatic heterocycles. The van der Waals surface area contributed by atoms with Gasteiger partial charge in [0.2, 0.25) is 11.9 Å². The van der Waals surface area contributed by atoms with Gasteiger partial charge in [-0.25, -0.2) is 0 Å². The van der Waals surface area contributed by atoms with Crippen molar-refractivity contribution in [2.24, 2.45) is 0 Å². The lowest BCUT2D eigenvalue weighted by molar-refractivity contribution is -0.384. The van der Waals surface area contributed by atoms with Crippen molar-refractivity contribution >= 4 is 46.6 Å². The van der Waals surface area contributed by atoms with E-state index < -0.39 is 10.2 Å². The van der Waals surface area contributed by atoms with E-state index in [4.69, 9.17) is 11.6 Å². The summed E-state index contributed by atoms with van der Waals surface area (Å²) in [5.41, 5.74) is 1.28. The van der Waals surface area contributed by atoms with E-state index in [1.54, 1.807) is 13.0 Å². The summed E-state index contributed by atoms with van der Waals surface area (Å²) in [6.07, 6.45) is 2.19. The average Bonchev–Trinajstić information content (AvgIpc) is 3.44. The third-order valence-corrected chi connectivity index (χ3v) is 6.35. The molecule has 1 N–H and O–H groups in total. The lowest BCUT2D eigenvalue weighted by Crippen LogP contribution is -2.24. The first-order chi connectivity index (χ1) is 15.4. The number of hydrogen-bond acceptors (Lipinski definition) is 7. The molecule has 1 fully saturated rings. The van der Waals surface area contributed by atoms with E-state index in [-0.39, 0.29) is 11.6 Å². The number of aromatic nitrogens is 3. The molecule has 1 unspecified atom stereocenters. The predicted octanol–water partition coefficient (Wildman–Crippen LogP) is 4.55. The molecule has 166 valence electrons. The number of nitro groups is 1. The first kappa shape index (κ1) is 22.1. The third kappa shape index (κ3) is 4.86. The number of hydrogen-bond donors (Lipinski definition) is 1. The number of benzene rings is 2. The Morgan fingerprint density at radius 1 is 1.19 bits per heavy atom. The van der Waals surface area contributed by atoms with Crippen LogP contribution in [0.15, 0.2) is 53.7 Å². The molecule has 1 atom stereocenters. The van der Waals surface area contributed by atoms with Crippen LogP contribution in [0.3, 0.4) is 0 Å². The Bertz CT molecular complexity index is 1130. The van der Waals surface area contributed by atoms with Crippen LogP contribution in [0.4, 0.5) is 17.3 Å². The summed E-state index contributed by atoms with van der Waals surface area (Å²) in [4.78, 5) is 25.2. The molecule has 1 saturated heterocycles. The highest BCUT2D eigenvalue weighted by Crippen LogP contribution is 2.32. The molecule has 3 aromatic rings. The summed E-state index contributed by atoms with van der Waals surface area (Å²) < 4.78 is 1.93. The minimum Gasteiger partial charge on any atom is -0.341 e. The maximum Gasteiger partial charge on any atom is 0.269 e. The molecule has 1 aliphatic rings. The molecule has 0 bridgehead atoms. The van der Waals surface area contributed by atoms with Crippen molar-refractivity contribution in [1.82, 2.24) is 14.8 Å². The van der Waals surface area contributed by atoms with Crippen molar-refractivity contribution in [3.63, 3.8) is 0 Å². The fourth-order valence-electron chi connectivity index (χ4n) is 3.42. The van der Waals surface area contributed by atoms with Crippen molar-refractivity contribution in [2.75, 3.05) is 23.3 Å². The monoisotopic (exact) mass is 472 g/mol. The molecule has 2 heterocycles. The number of nitrogens with zero attached hydrogens (tertiary/aromatic N) is 5. The van der Waals surface area contributed by atoms with Crippen molar-refractivity contribution in [2.45, 2.75) is 30.2 Å². The van der Waals surface area contributed by atoms with Gasteiger partial charge in [0.25, 0.3) is 5.69 Å². The van der Waals surface area contributed by atoms with Crippen molar-refractivity contribution < 1.29 is 9.72 Å². The standard InChI is InChI=1S/C21H21ClN6O3S/c1-14(19(29)23-16-7-9-17(10-8-16)28(30)31)32-21-25-24-20(26-11-2-3-12-26)27(21)18-6-4-5-15(22)13-18/h4-10,13-14H,2-3,11-12H2,1H3,(H,23,29). The molecule has 32 heavy (non-hydrogen) atoms. The number of rotatable bonds is 7. The minimum absolute atomic E-state index is 0.0329. The van der Waals surface area contributed by atoms with Gasteiger partial charge >= 0.3 is 0 Å². The maximum atomic E-state index is 12.7. The second-order valence-corrected chi connectivity index (χ2v) is 9.09. The number of amides is 1. The molecule has 0 aliphatic carbocycles. The van der Waals surface area contributed by atoms with Crippen molar-refractivity contribution in [3.05, 3.63) is 63.7 Å². The molecule has 0 spiro atoms. The maximum absolute atomic E-state index is 12.7. The van der Waals surface area contributed by atoms with Gasteiger partial charge in [-0.15, -0.1) is 10.2 Å². The number of halogens is 1. The van der Waals surface area contributed by atoms with E-state index in [0.29, 0.717) is 15.9 Å². The van der Waals surface area contributed by atoms with Crippen molar-refractivity contribution in [3.8, 4) is 5.69 Å². The van der Waals surface area contributed by atoms with Crippen LogP contribution < -0.4 is 10.2 Å². The molecule has 2 aromatic carbocycles. The first-order valence-electron chi connectivity index (χ1n) is 10.1. The van der Waals surface area contributed by atoms with Gasteiger partial charge in [0.05, 0.1) is 15.9 Å². The van der Waals surface area contributed by atoms with Gasteiger partial charge in [-0.3, -0.25) is 19.5 Å². The molecule has 1 aliphatic heterocycles. The smallest absolute Gasteiger partial charge is 0.269 e. The second-order valence-electron chi connectivity index (χ2n) is 7.35. The number of carbonyl (C=O) groups excluding carboxylic acids is 1. The minimum atomic E-state index is -0.487. The van der Waals surface area contributed by atoms with Crippen LogP contribution in [0, 0.1) is 10.1 Å². The molecule has 0 saturated carbocycles. The summed E-state index contributed by atoms with van der Waals surface area (Å²) >= 11 is 7.51. The highest BCUT2D eigenvalue weighted by Gasteiger charge is 2.25. The molecular formula is C21H21ClN6O3S. The van der Waals surface area contributed by atoms with Gasteiger partial charge in [-0.1, -0.05) is 29.4 Å². The zero-order valence-electron chi connectivity index (χ0n) is 17.3. The highest BCUT2D eigenvalue weighted by atomic mass is 35.5. The predicted molar refractivity (Wildman–Crippen MR) is 125 cm³/mol. The van der Waals surface area contributed by atoms with E-state index in [1.165, 1.54) is 36.0 Å². The van der Waals surface area contributed by atoms with Crippen LogP contribution in [0.5, 0.6) is 0 Å². The molecule has 4 rings (SSSR count). The lowest BCUT2D eigenvalue weighted by Gasteiger charge is -2.19. The van der Waals surface area contributed by atoms with E-state index in [9.17, 15) is 14.9 Å². The molecule has 9 nitrogen and oxygen atoms in total. The summed E-state index contributed by atoms with van der Waals surface area (Å²) in [7, 11) is 0. The number of non-ortho nitro benzene ring substituents is 1. The van der Waals surface area contributed by atoms with Crippen LogP contribution >= 0.6 is 23.4 Å². The summed E-state index contributed by atoms with van der Waals surface area (Å²) in [6.45, 7) is 3.58. The zero-order chi connectivity index (χ0) is 22.7. The van der Waals surface area contributed by atoms with Crippen molar-refractivity contribution in [1.29, 1.82) is 0 Å². The van der Waals surface area contributed by atoms with E-state index >= 15 is 0 Å². The van der Waals surface area contributed by atoms with Gasteiger partial charge in [-0.05, 0) is 50.1 Å². The van der Waals surface area contributed by atoms with Gasteiger partial charge < -0.3 is 10.2 Å². The van der Waals surface area contributed by atoms with Crippen LogP contribution in [-0.4, -0.2) is 43.9 Å². The molecule has 11 heteroatoms. The second kappa shape index (κ2) is 9.58. The Morgan fingerprint density at radius 3 is 2.56 bits per heavy atom. The van der Waals surface area contributed by atoms with Crippen LogP contribution in [0.2, 0.25) is 5.02 Å². The number of nitrogens with one attached hydrogen (secondary N) is 1. The van der Waals surface area contributed by atoms with Crippen LogP contribution in [-0.2, 0) is 4.79 Å². The normalized spacial score (nSPS) is 14.4. The molecular weight excluding hydrogens is 452 g/mol. The zero-order valence-corrected chi connectivity index (χ0v) is 18.8. The van der Waals surface area contributed by atoms with Gasteiger partial charge in [0.1, 0.15) is 0 Å². The average molecular weight is 473 g/mol. The first-order valence-corrected chi connectivity index (χ1v) is 11.4. The summed E-state index contributed by atoms with van der Waals surface area (Å²) in [5.74, 6) is 0.488. The highest BCUT2D eigenvalue weighted by molar-refractivity contribution is 8.00. The van der Waals surface area contributed by atoms with E-state index in [2.05, 4.69) is 20.4 Å². The van der Waals surface area contributed by atoms with Crippen LogP contribution in [0.25, 0.3) is 5.69 Å². The fraction of sp³-hybridized carbons (Fsp3) is 0.286. The van der Waals surface area contributed by atoms with Gasteiger partial charge in [-0.2, -0.15) is 0 Å².